The highest BCUT2D eigenvalue weighted by Crippen LogP contribution is 2.22. The van der Waals surface area contributed by atoms with Crippen LogP contribution < -0.4 is 5.73 Å². The van der Waals surface area contributed by atoms with Crippen molar-refractivity contribution in [2.75, 3.05) is 5.73 Å². The number of imidazole rings is 1. The van der Waals surface area contributed by atoms with Gasteiger partial charge in [0.2, 0.25) is 5.95 Å². The molecule has 0 aliphatic carbocycles. The van der Waals surface area contributed by atoms with Crippen LogP contribution in [0.4, 0.5) is 5.95 Å². The van der Waals surface area contributed by atoms with E-state index in [2.05, 4.69) is 9.97 Å². The predicted molar refractivity (Wildman–Crippen MR) is 63.3 cm³/mol. The molecule has 0 spiro atoms. The van der Waals surface area contributed by atoms with Crippen molar-refractivity contribution in [2.24, 2.45) is 0 Å². The summed E-state index contributed by atoms with van der Waals surface area (Å²) in [6.07, 6.45) is 7.15. The van der Waals surface area contributed by atoms with Crippen LogP contribution in [0.15, 0.2) is 49.1 Å². The van der Waals surface area contributed by atoms with Crippen molar-refractivity contribution in [1.82, 2.24) is 14.5 Å². The highest BCUT2D eigenvalue weighted by atomic mass is 15.1. The first-order chi connectivity index (χ1) is 7.86. The number of anilines is 1. The molecule has 0 unspecified atom stereocenters. The van der Waals surface area contributed by atoms with Crippen LogP contribution in [0.2, 0.25) is 0 Å². The van der Waals surface area contributed by atoms with Gasteiger partial charge in [0.15, 0.2) is 0 Å². The molecule has 2 N–H and O–H groups in total. The van der Waals surface area contributed by atoms with Gasteiger partial charge >= 0.3 is 0 Å². The van der Waals surface area contributed by atoms with E-state index in [0.717, 1.165) is 16.5 Å². The smallest absolute Gasteiger partial charge is 0.204 e. The SMILES string of the molecule is Nc1nccn1-c1cccc2ccncc12. The number of fused-ring (bicyclic) bond motifs is 1. The summed E-state index contributed by atoms with van der Waals surface area (Å²) < 4.78 is 1.85. The fraction of sp³-hybridized carbons (Fsp3) is 0. The Bertz CT molecular complexity index is 637. The molecule has 0 saturated carbocycles. The molecule has 3 aromatic rings. The Labute approximate surface area is 92.4 Å². The van der Waals surface area contributed by atoms with Crippen LogP contribution in [0, 0.1) is 0 Å². The lowest BCUT2D eigenvalue weighted by Crippen LogP contribution is -2.00. The highest BCUT2D eigenvalue weighted by Gasteiger charge is 2.05. The lowest BCUT2D eigenvalue weighted by atomic mass is 10.1. The van der Waals surface area contributed by atoms with Crippen molar-refractivity contribution in [1.29, 1.82) is 0 Å². The van der Waals surface area contributed by atoms with Crippen molar-refractivity contribution in [3.8, 4) is 5.69 Å². The van der Waals surface area contributed by atoms with Crippen LogP contribution in [0.1, 0.15) is 0 Å². The molecule has 4 heteroatoms. The van der Waals surface area contributed by atoms with E-state index in [1.165, 1.54) is 0 Å². The van der Waals surface area contributed by atoms with Crippen LogP contribution in [0.3, 0.4) is 0 Å². The van der Waals surface area contributed by atoms with Gasteiger partial charge in [-0.05, 0) is 17.5 Å². The topological polar surface area (TPSA) is 56.7 Å². The molecular formula is C12H10N4. The summed E-state index contributed by atoms with van der Waals surface area (Å²) in [4.78, 5) is 8.16. The Kier molecular flexibility index (Phi) is 1.86. The van der Waals surface area contributed by atoms with Gasteiger partial charge in [0, 0.05) is 30.2 Å². The molecule has 0 fully saturated rings. The van der Waals surface area contributed by atoms with E-state index in [4.69, 9.17) is 5.73 Å². The number of pyridine rings is 1. The molecule has 0 atom stereocenters. The quantitative estimate of drug-likeness (QED) is 0.668. The average Bonchev–Trinajstić information content (AvgIpc) is 2.75. The van der Waals surface area contributed by atoms with Gasteiger partial charge in [-0.2, -0.15) is 0 Å². The summed E-state index contributed by atoms with van der Waals surface area (Å²) >= 11 is 0. The van der Waals surface area contributed by atoms with Crippen molar-refractivity contribution in [3.63, 3.8) is 0 Å². The number of benzene rings is 1. The van der Waals surface area contributed by atoms with Crippen molar-refractivity contribution >= 4 is 16.7 Å². The lowest BCUT2D eigenvalue weighted by molar-refractivity contribution is 1.08. The molecule has 78 valence electrons. The molecule has 4 nitrogen and oxygen atoms in total. The van der Waals surface area contributed by atoms with Crippen LogP contribution in [0.25, 0.3) is 16.5 Å². The van der Waals surface area contributed by atoms with Crippen LogP contribution in [0.5, 0.6) is 0 Å². The van der Waals surface area contributed by atoms with Gasteiger partial charge in [-0.15, -0.1) is 0 Å². The Morgan fingerprint density at radius 1 is 1.12 bits per heavy atom. The van der Waals surface area contributed by atoms with Gasteiger partial charge in [0.1, 0.15) is 0 Å². The van der Waals surface area contributed by atoms with Gasteiger partial charge in [-0.1, -0.05) is 12.1 Å². The predicted octanol–water partition coefficient (Wildman–Crippen LogP) is 2.00. The minimum atomic E-state index is 0.483. The molecule has 16 heavy (non-hydrogen) atoms. The van der Waals surface area contributed by atoms with E-state index in [-0.39, 0.29) is 0 Å². The zero-order valence-electron chi connectivity index (χ0n) is 8.54. The molecule has 0 radical (unpaired) electrons. The zero-order chi connectivity index (χ0) is 11.0. The Morgan fingerprint density at radius 3 is 2.88 bits per heavy atom. The van der Waals surface area contributed by atoms with Crippen molar-refractivity contribution in [3.05, 3.63) is 49.1 Å². The fourth-order valence-corrected chi connectivity index (χ4v) is 1.83. The Hall–Kier alpha value is -2.36. The largest absolute Gasteiger partial charge is 0.369 e. The fourth-order valence-electron chi connectivity index (χ4n) is 1.83. The number of nitrogens with zero attached hydrogens (tertiary/aromatic N) is 3. The van der Waals surface area contributed by atoms with E-state index in [9.17, 15) is 0 Å². The zero-order valence-corrected chi connectivity index (χ0v) is 8.54. The molecular weight excluding hydrogens is 200 g/mol. The van der Waals surface area contributed by atoms with E-state index >= 15 is 0 Å². The summed E-state index contributed by atoms with van der Waals surface area (Å²) in [5, 5.41) is 2.20. The second-order valence-electron chi connectivity index (χ2n) is 3.53. The van der Waals surface area contributed by atoms with E-state index < -0.39 is 0 Å². The standard InChI is InChI=1S/C12H10N4/c13-12-15-6-7-16(12)11-3-1-2-9-4-5-14-8-10(9)11/h1-8H,(H2,13,15). The number of rotatable bonds is 1. The van der Waals surface area contributed by atoms with Crippen molar-refractivity contribution < 1.29 is 0 Å². The first-order valence-corrected chi connectivity index (χ1v) is 4.98. The summed E-state index contributed by atoms with van der Waals surface area (Å²) in [5.74, 6) is 0.483. The Balaban J connectivity index is 2.36. The summed E-state index contributed by atoms with van der Waals surface area (Å²) in [6.45, 7) is 0. The van der Waals surface area contributed by atoms with Gasteiger partial charge in [0.25, 0.3) is 0 Å². The average molecular weight is 210 g/mol. The van der Waals surface area contributed by atoms with Crippen LogP contribution >= 0.6 is 0 Å². The monoisotopic (exact) mass is 210 g/mol. The Morgan fingerprint density at radius 2 is 2.06 bits per heavy atom. The number of aromatic nitrogens is 3. The summed E-state index contributed by atoms with van der Waals surface area (Å²) in [6, 6.07) is 8.03. The minimum Gasteiger partial charge on any atom is -0.369 e. The second-order valence-corrected chi connectivity index (χ2v) is 3.53. The van der Waals surface area contributed by atoms with Crippen LogP contribution in [-0.4, -0.2) is 14.5 Å². The second kappa shape index (κ2) is 3.34. The molecule has 1 aromatic carbocycles. The molecule has 0 bridgehead atoms. The third-order valence-electron chi connectivity index (χ3n) is 2.59. The number of nitrogen functional groups attached to an aromatic ring is 1. The van der Waals surface area contributed by atoms with Gasteiger partial charge in [0.05, 0.1) is 5.69 Å². The maximum absolute atomic E-state index is 5.80. The number of hydrogen-bond acceptors (Lipinski definition) is 3. The third-order valence-corrected chi connectivity index (χ3v) is 2.59. The van der Waals surface area contributed by atoms with Gasteiger partial charge in [-0.25, -0.2) is 4.98 Å². The molecule has 0 saturated heterocycles. The first kappa shape index (κ1) is 8.91. The molecule has 2 aromatic heterocycles. The van der Waals surface area contributed by atoms with Crippen molar-refractivity contribution in [2.45, 2.75) is 0 Å². The van der Waals surface area contributed by atoms with E-state index in [1.807, 2.05) is 41.2 Å². The molecule has 2 heterocycles. The number of nitrogens with two attached hydrogens (primary N) is 1. The molecule has 3 rings (SSSR count). The normalized spacial score (nSPS) is 10.8. The summed E-state index contributed by atoms with van der Waals surface area (Å²) in [5.41, 5.74) is 6.80. The maximum Gasteiger partial charge on any atom is 0.204 e. The third kappa shape index (κ3) is 1.24. The molecule has 0 aliphatic heterocycles. The summed E-state index contributed by atoms with van der Waals surface area (Å²) in [7, 11) is 0. The van der Waals surface area contributed by atoms with Gasteiger partial charge in [-0.3, -0.25) is 9.55 Å². The van der Waals surface area contributed by atoms with Gasteiger partial charge < -0.3 is 5.73 Å². The first-order valence-electron chi connectivity index (χ1n) is 4.98. The number of hydrogen-bond donors (Lipinski definition) is 1. The molecule has 0 aliphatic rings. The van der Waals surface area contributed by atoms with E-state index in [1.54, 1.807) is 12.4 Å². The minimum absolute atomic E-state index is 0.483. The maximum atomic E-state index is 5.80. The highest BCUT2D eigenvalue weighted by molar-refractivity contribution is 5.89. The lowest BCUT2D eigenvalue weighted by Gasteiger charge is -2.07. The molecule has 0 amide bonds. The van der Waals surface area contributed by atoms with E-state index in [0.29, 0.717) is 5.95 Å². The van der Waals surface area contributed by atoms with Crippen LogP contribution in [-0.2, 0) is 0 Å².